The number of nitrogens with zero attached hydrogens (tertiary/aromatic N) is 1. The molecule has 2 N–H and O–H groups in total. The number of ketones is 1. The summed E-state index contributed by atoms with van der Waals surface area (Å²) in [5, 5.41) is 12.4. The summed E-state index contributed by atoms with van der Waals surface area (Å²) in [5.41, 5.74) is 2.78. The molecule has 9 nitrogen and oxygen atoms in total. The van der Waals surface area contributed by atoms with Crippen LogP contribution in [0.3, 0.4) is 0 Å². The first-order chi connectivity index (χ1) is 19.4. The maximum atomic E-state index is 13.5. The van der Waals surface area contributed by atoms with Crippen LogP contribution in [-0.4, -0.2) is 61.7 Å². The Balaban J connectivity index is 1.61. The number of aliphatic hydroxyl groups is 1. The summed E-state index contributed by atoms with van der Waals surface area (Å²) in [6.45, 7) is 0.212. The summed E-state index contributed by atoms with van der Waals surface area (Å²) in [6.07, 6.45) is 2.34. The molecule has 0 spiro atoms. The summed E-state index contributed by atoms with van der Waals surface area (Å²) in [4.78, 5) is 31.8. The van der Waals surface area contributed by atoms with E-state index in [0.717, 1.165) is 22.2 Å². The van der Waals surface area contributed by atoms with Crippen molar-refractivity contribution in [1.82, 2.24) is 9.88 Å². The molecule has 0 saturated carbocycles. The number of nitrogens with one attached hydrogen (secondary N) is 1. The van der Waals surface area contributed by atoms with Gasteiger partial charge in [-0.25, -0.2) is 0 Å². The van der Waals surface area contributed by atoms with Crippen molar-refractivity contribution < 1.29 is 33.6 Å². The fraction of sp³-hybridized carbons (Fsp3) is 0.226. The van der Waals surface area contributed by atoms with Crippen molar-refractivity contribution in [3.8, 4) is 23.0 Å². The molecule has 0 bridgehead atoms. The van der Waals surface area contributed by atoms with Crippen LogP contribution < -0.4 is 18.9 Å². The van der Waals surface area contributed by atoms with Crippen molar-refractivity contribution in [2.75, 3.05) is 35.0 Å². The highest BCUT2D eigenvalue weighted by molar-refractivity contribution is 6.46. The molecule has 1 aliphatic rings. The Morgan fingerprint density at radius 2 is 1.57 bits per heavy atom. The fourth-order valence-electron chi connectivity index (χ4n) is 5.14. The van der Waals surface area contributed by atoms with E-state index in [0.29, 0.717) is 34.8 Å². The van der Waals surface area contributed by atoms with Gasteiger partial charge in [0, 0.05) is 40.8 Å². The van der Waals surface area contributed by atoms with Gasteiger partial charge in [-0.05, 0) is 54.4 Å². The third-order valence-electron chi connectivity index (χ3n) is 7.22. The zero-order chi connectivity index (χ0) is 28.4. The molecular weight excluding hydrogens is 512 g/mol. The highest BCUT2D eigenvalue weighted by atomic mass is 16.5. The maximum absolute atomic E-state index is 13.5. The first-order valence-electron chi connectivity index (χ1n) is 12.7. The van der Waals surface area contributed by atoms with E-state index in [4.69, 9.17) is 18.9 Å². The van der Waals surface area contributed by atoms with Crippen LogP contribution in [0.1, 0.15) is 22.7 Å². The molecule has 5 rings (SSSR count). The molecule has 1 fully saturated rings. The summed E-state index contributed by atoms with van der Waals surface area (Å²) in [6, 6.07) is 16.7. The number of rotatable bonds is 9. The number of aromatic amines is 1. The second-order valence-electron chi connectivity index (χ2n) is 9.31. The monoisotopic (exact) mass is 542 g/mol. The first kappa shape index (κ1) is 26.7. The van der Waals surface area contributed by atoms with Gasteiger partial charge in [0.2, 0.25) is 0 Å². The lowest BCUT2D eigenvalue weighted by Crippen LogP contribution is -2.31. The van der Waals surface area contributed by atoms with E-state index in [2.05, 4.69) is 4.98 Å². The van der Waals surface area contributed by atoms with E-state index in [1.54, 1.807) is 56.7 Å². The standard InChI is InChI=1S/C31H30N2O7/c1-37-20-7-5-6-18(14-20)29(34)27-28(23-10-8-22(39-3)16-26(23)40-4)33(31(36)30(27)35)13-12-19-17-32-25-11-9-21(38-2)15-24(19)25/h5-11,14-17,28,32,34H,12-13H2,1-4H3/t28-/m1/s1. The van der Waals surface area contributed by atoms with Crippen LogP contribution in [0, 0.1) is 0 Å². The van der Waals surface area contributed by atoms with Gasteiger partial charge in [0.15, 0.2) is 0 Å². The molecule has 0 unspecified atom stereocenters. The molecular formula is C31H30N2O7. The number of fused-ring (bicyclic) bond motifs is 1. The number of aromatic nitrogens is 1. The summed E-state index contributed by atoms with van der Waals surface area (Å²) < 4.78 is 21.7. The molecule has 1 saturated heterocycles. The van der Waals surface area contributed by atoms with Crippen molar-refractivity contribution in [2.24, 2.45) is 0 Å². The Kier molecular flexibility index (Phi) is 7.37. The minimum absolute atomic E-state index is 0.0256. The Morgan fingerprint density at radius 1 is 0.875 bits per heavy atom. The molecule has 1 aromatic heterocycles. The zero-order valence-corrected chi connectivity index (χ0v) is 22.7. The molecule has 206 valence electrons. The van der Waals surface area contributed by atoms with Gasteiger partial charge in [-0.15, -0.1) is 0 Å². The number of carbonyl (C=O) groups is 2. The van der Waals surface area contributed by atoms with Crippen molar-refractivity contribution in [3.05, 3.63) is 89.1 Å². The van der Waals surface area contributed by atoms with Crippen molar-refractivity contribution in [3.63, 3.8) is 0 Å². The Hall–Kier alpha value is -4.92. The van der Waals surface area contributed by atoms with E-state index < -0.39 is 17.7 Å². The van der Waals surface area contributed by atoms with Gasteiger partial charge in [-0.1, -0.05) is 12.1 Å². The number of Topliss-reactive ketones (excluding diaryl/α,β-unsaturated/α-hetero) is 1. The van der Waals surface area contributed by atoms with Crippen LogP contribution in [0.2, 0.25) is 0 Å². The van der Waals surface area contributed by atoms with Gasteiger partial charge in [-0.3, -0.25) is 9.59 Å². The van der Waals surface area contributed by atoms with E-state index in [1.165, 1.54) is 19.1 Å². The molecule has 3 aromatic carbocycles. The quantitative estimate of drug-likeness (QED) is 0.176. The van der Waals surface area contributed by atoms with Gasteiger partial charge in [0.25, 0.3) is 11.7 Å². The molecule has 1 amide bonds. The number of benzene rings is 3. The molecule has 0 radical (unpaired) electrons. The lowest BCUT2D eigenvalue weighted by molar-refractivity contribution is -0.139. The second kappa shape index (κ2) is 11.1. The molecule has 2 heterocycles. The Morgan fingerprint density at radius 3 is 2.30 bits per heavy atom. The van der Waals surface area contributed by atoms with E-state index in [9.17, 15) is 14.7 Å². The zero-order valence-electron chi connectivity index (χ0n) is 22.7. The third-order valence-corrected chi connectivity index (χ3v) is 7.22. The Bertz CT molecular complexity index is 1620. The van der Waals surface area contributed by atoms with Crippen LogP contribution in [0.25, 0.3) is 16.7 Å². The van der Waals surface area contributed by atoms with Gasteiger partial charge < -0.3 is 33.9 Å². The number of carbonyl (C=O) groups excluding carboxylic acids is 2. The lowest BCUT2D eigenvalue weighted by atomic mass is 9.94. The van der Waals surface area contributed by atoms with Crippen molar-refractivity contribution >= 4 is 28.4 Å². The predicted octanol–water partition coefficient (Wildman–Crippen LogP) is 4.87. The number of amides is 1. The van der Waals surface area contributed by atoms with Gasteiger partial charge in [0.05, 0.1) is 40.1 Å². The van der Waals surface area contributed by atoms with E-state index in [-0.39, 0.29) is 17.9 Å². The normalized spacial score (nSPS) is 16.4. The summed E-state index contributed by atoms with van der Waals surface area (Å²) in [7, 11) is 6.17. The molecule has 40 heavy (non-hydrogen) atoms. The molecule has 0 aliphatic carbocycles. The fourth-order valence-corrected chi connectivity index (χ4v) is 5.14. The smallest absolute Gasteiger partial charge is 0.295 e. The Labute approximate surface area is 231 Å². The highest BCUT2D eigenvalue weighted by Crippen LogP contribution is 2.44. The number of H-pyrrole nitrogens is 1. The molecule has 9 heteroatoms. The molecule has 1 atom stereocenters. The summed E-state index contributed by atoms with van der Waals surface area (Å²) >= 11 is 0. The van der Waals surface area contributed by atoms with Gasteiger partial charge in [-0.2, -0.15) is 0 Å². The van der Waals surface area contributed by atoms with E-state index >= 15 is 0 Å². The molecule has 1 aliphatic heterocycles. The number of likely N-dealkylation sites (tertiary alicyclic amines) is 1. The highest BCUT2D eigenvalue weighted by Gasteiger charge is 2.47. The maximum Gasteiger partial charge on any atom is 0.295 e. The molecule has 4 aromatic rings. The largest absolute Gasteiger partial charge is 0.507 e. The number of methoxy groups -OCH3 is 4. The van der Waals surface area contributed by atoms with Crippen LogP contribution in [-0.2, 0) is 16.0 Å². The number of ether oxygens (including phenoxy) is 4. The predicted molar refractivity (Wildman–Crippen MR) is 150 cm³/mol. The first-order valence-corrected chi connectivity index (χ1v) is 12.7. The van der Waals surface area contributed by atoms with Crippen molar-refractivity contribution in [2.45, 2.75) is 12.5 Å². The average Bonchev–Trinajstić information content (AvgIpc) is 3.52. The van der Waals surface area contributed by atoms with Gasteiger partial charge >= 0.3 is 0 Å². The minimum atomic E-state index is -0.896. The topological polar surface area (TPSA) is 110 Å². The second-order valence-corrected chi connectivity index (χ2v) is 9.31. The number of hydrogen-bond acceptors (Lipinski definition) is 7. The SMILES string of the molecule is COc1cccc(C(O)=C2C(=O)C(=O)N(CCc3c[nH]c4ccc(OC)cc34)[C@@H]2c2ccc(OC)cc2OC)c1. The number of hydrogen-bond donors (Lipinski definition) is 2. The van der Waals surface area contributed by atoms with Crippen LogP contribution in [0.5, 0.6) is 23.0 Å². The lowest BCUT2D eigenvalue weighted by Gasteiger charge is -2.27. The van der Waals surface area contributed by atoms with Crippen molar-refractivity contribution in [1.29, 1.82) is 0 Å². The van der Waals surface area contributed by atoms with E-state index in [1.807, 2.05) is 24.4 Å². The van der Waals surface area contributed by atoms with Crippen LogP contribution in [0.15, 0.2) is 72.4 Å². The average molecular weight is 543 g/mol. The van der Waals surface area contributed by atoms with Gasteiger partial charge in [0.1, 0.15) is 28.8 Å². The summed E-state index contributed by atoms with van der Waals surface area (Å²) in [5.74, 6) is 0.428. The third kappa shape index (κ3) is 4.70. The van der Waals surface area contributed by atoms with Crippen LogP contribution in [0.4, 0.5) is 0 Å². The number of aliphatic hydroxyl groups excluding tert-OH is 1. The van der Waals surface area contributed by atoms with Crippen LogP contribution >= 0.6 is 0 Å². The minimum Gasteiger partial charge on any atom is -0.507 e.